The van der Waals surface area contributed by atoms with Gasteiger partial charge in [-0.3, -0.25) is 4.79 Å². The third-order valence-corrected chi connectivity index (χ3v) is 3.74. The summed E-state index contributed by atoms with van der Waals surface area (Å²) in [6.45, 7) is 0.411. The number of carbonyl (C=O) groups excluding carboxylic acids is 1. The van der Waals surface area contributed by atoms with Crippen molar-refractivity contribution in [3.8, 4) is 17.1 Å². The van der Waals surface area contributed by atoms with Crippen molar-refractivity contribution in [3.05, 3.63) is 65.8 Å². The van der Waals surface area contributed by atoms with Crippen LogP contribution in [-0.2, 0) is 17.8 Å². The summed E-state index contributed by atoms with van der Waals surface area (Å²) >= 11 is 0. The minimum Gasteiger partial charge on any atom is -0.497 e. The molecule has 0 saturated carbocycles. The lowest BCUT2D eigenvalue weighted by molar-refractivity contribution is -0.121. The number of methoxy groups -OCH3 is 1. The Labute approximate surface area is 150 Å². The van der Waals surface area contributed by atoms with E-state index in [1.165, 1.54) is 12.1 Å². The average Bonchev–Trinajstić information content (AvgIpc) is 3.14. The molecular weight excluding hydrogens is 337 g/mol. The summed E-state index contributed by atoms with van der Waals surface area (Å²) in [6.07, 6.45) is 0.529. The third kappa shape index (κ3) is 4.66. The van der Waals surface area contributed by atoms with E-state index in [0.29, 0.717) is 30.2 Å². The summed E-state index contributed by atoms with van der Waals surface area (Å²) in [4.78, 5) is 16.2. The summed E-state index contributed by atoms with van der Waals surface area (Å²) in [6, 6.07) is 13.4. The number of carbonyl (C=O) groups is 1. The summed E-state index contributed by atoms with van der Waals surface area (Å²) < 4.78 is 23.5. The van der Waals surface area contributed by atoms with Crippen LogP contribution < -0.4 is 10.1 Å². The summed E-state index contributed by atoms with van der Waals surface area (Å²) in [5.41, 5.74) is 1.48. The van der Waals surface area contributed by atoms with Gasteiger partial charge in [-0.15, -0.1) is 0 Å². The number of amides is 1. The van der Waals surface area contributed by atoms with E-state index in [1.807, 2.05) is 24.3 Å². The molecule has 1 amide bonds. The molecule has 0 unspecified atom stereocenters. The first-order chi connectivity index (χ1) is 12.6. The van der Waals surface area contributed by atoms with Gasteiger partial charge in [-0.05, 0) is 29.8 Å². The summed E-state index contributed by atoms with van der Waals surface area (Å²) in [7, 11) is 1.60. The van der Waals surface area contributed by atoms with E-state index in [1.54, 1.807) is 19.2 Å². The molecular formula is C19H18FN3O3. The van der Waals surface area contributed by atoms with Gasteiger partial charge in [0.15, 0.2) is 0 Å². The fourth-order valence-electron chi connectivity index (χ4n) is 2.39. The van der Waals surface area contributed by atoms with E-state index in [-0.39, 0.29) is 18.1 Å². The van der Waals surface area contributed by atoms with Gasteiger partial charge in [-0.2, -0.15) is 4.98 Å². The Balaban J connectivity index is 1.50. The molecule has 0 aliphatic carbocycles. The SMILES string of the molecule is COc1cccc(CNC(=O)CCc2nc(-c3cccc(F)c3)no2)c1. The Morgan fingerprint density at radius 1 is 1.23 bits per heavy atom. The van der Waals surface area contributed by atoms with Crippen molar-refractivity contribution in [1.82, 2.24) is 15.5 Å². The van der Waals surface area contributed by atoms with Crippen molar-refractivity contribution in [2.75, 3.05) is 7.11 Å². The van der Waals surface area contributed by atoms with E-state index < -0.39 is 0 Å². The van der Waals surface area contributed by atoms with Crippen LogP contribution in [-0.4, -0.2) is 23.2 Å². The highest BCUT2D eigenvalue weighted by Gasteiger charge is 2.11. The molecule has 134 valence electrons. The van der Waals surface area contributed by atoms with Crippen molar-refractivity contribution < 1.29 is 18.4 Å². The molecule has 0 fully saturated rings. The normalized spacial score (nSPS) is 10.5. The van der Waals surface area contributed by atoms with Crippen LogP contribution in [0.15, 0.2) is 53.1 Å². The lowest BCUT2D eigenvalue weighted by Crippen LogP contribution is -2.23. The number of nitrogens with zero attached hydrogens (tertiary/aromatic N) is 2. The maximum atomic E-state index is 13.2. The number of hydrogen-bond acceptors (Lipinski definition) is 5. The second-order valence-electron chi connectivity index (χ2n) is 5.65. The van der Waals surface area contributed by atoms with Crippen LogP contribution in [0, 0.1) is 5.82 Å². The Morgan fingerprint density at radius 3 is 2.88 bits per heavy atom. The molecule has 2 aromatic carbocycles. The maximum absolute atomic E-state index is 13.2. The fraction of sp³-hybridized carbons (Fsp3) is 0.211. The summed E-state index contributed by atoms with van der Waals surface area (Å²) in [5, 5.41) is 6.65. The minimum absolute atomic E-state index is 0.127. The molecule has 7 heteroatoms. The van der Waals surface area contributed by atoms with Gasteiger partial charge in [-0.1, -0.05) is 29.4 Å². The molecule has 0 atom stereocenters. The van der Waals surface area contributed by atoms with Gasteiger partial charge >= 0.3 is 0 Å². The predicted molar refractivity (Wildman–Crippen MR) is 92.9 cm³/mol. The van der Waals surface area contributed by atoms with Gasteiger partial charge in [0.05, 0.1) is 7.11 Å². The Bertz CT molecular complexity index is 895. The molecule has 0 radical (unpaired) electrons. The van der Waals surface area contributed by atoms with Crippen LogP contribution in [0.3, 0.4) is 0 Å². The van der Waals surface area contributed by atoms with E-state index >= 15 is 0 Å². The molecule has 6 nitrogen and oxygen atoms in total. The highest BCUT2D eigenvalue weighted by molar-refractivity contribution is 5.76. The largest absolute Gasteiger partial charge is 0.497 e. The first kappa shape index (κ1) is 17.6. The van der Waals surface area contributed by atoms with Crippen molar-refractivity contribution in [1.29, 1.82) is 0 Å². The number of aromatic nitrogens is 2. The quantitative estimate of drug-likeness (QED) is 0.704. The molecule has 1 aromatic heterocycles. The molecule has 0 bridgehead atoms. The second kappa shape index (κ2) is 8.24. The highest BCUT2D eigenvalue weighted by Crippen LogP contribution is 2.17. The van der Waals surface area contributed by atoms with Crippen molar-refractivity contribution in [3.63, 3.8) is 0 Å². The Hall–Kier alpha value is -3.22. The van der Waals surface area contributed by atoms with Crippen LogP contribution >= 0.6 is 0 Å². The van der Waals surface area contributed by atoms with Gasteiger partial charge < -0.3 is 14.6 Å². The van der Waals surface area contributed by atoms with Gasteiger partial charge in [-0.25, -0.2) is 4.39 Å². The van der Waals surface area contributed by atoms with Crippen molar-refractivity contribution >= 4 is 5.91 Å². The zero-order chi connectivity index (χ0) is 18.4. The van der Waals surface area contributed by atoms with Crippen LogP contribution in [0.4, 0.5) is 4.39 Å². The van der Waals surface area contributed by atoms with Crippen LogP contribution in [0.2, 0.25) is 0 Å². The molecule has 0 saturated heterocycles. The smallest absolute Gasteiger partial charge is 0.227 e. The number of nitrogens with one attached hydrogen (secondary N) is 1. The van der Waals surface area contributed by atoms with Crippen LogP contribution in [0.1, 0.15) is 17.9 Å². The fourth-order valence-corrected chi connectivity index (χ4v) is 2.39. The number of benzene rings is 2. The monoisotopic (exact) mass is 355 g/mol. The van der Waals surface area contributed by atoms with Gasteiger partial charge in [0.1, 0.15) is 11.6 Å². The maximum Gasteiger partial charge on any atom is 0.227 e. The van der Waals surface area contributed by atoms with Gasteiger partial charge in [0.25, 0.3) is 0 Å². The molecule has 3 aromatic rings. The Kier molecular flexibility index (Phi) is 5.58. The standard InChI is InChI=1S/C19H18FN3O3/c1-25-16-7-2-4-13(10-16)12-21-17(24)8-9-18-22-19(23-26-18)14-5-3-6-15(20)11-14/h2-7,10-11H,8-9,12H2,1H3,(H,21,24). The number of hydrogen-bond donors (Lipinski definition) is 1. The topological polar surface area (TPSA) is 77.2 Å². The number of ether oxygens (including phenoxy) is 1. The second-order valence-corrected chi connectivity index (χ2v) is 5.65. The molecule has 0 aliphatic rings. The summed E-state index contributed by atoms with van der Waals surface area (Å²) in [5.74, 6) is 0.883. The number of aryl methyl sites for hydroxylation is 1. The number of halogens is 1. The number of rotatable bonds is 7. The van der Waals surface area contributed by atoms with Crippen molar-refractivity contribution in [2.45, 2.75) is 19.4 Å². The molecule has 1 N–H and O–H groups in total. The van der Waals surface area contributed by atoms with Crippen molar-refractivity contribution in [2.24, 2.45) is 0 Å². The first-order valence-electron chi connectivity index (χ1n) is 8.12. The molecule has 3 rings (SSSR count). The zero-order valence-corrected chi connectivity index (χ0v) is 14.2. The molecule has 0 spiro atoms. The highest BCUT2D eigenvalue weighted by atomic mass is 19.1. The minimum atomic E-state index is -0.370. The third-order valence-electron chi connectivity index (χ3n) is 3.74. The predicted octanol–water partition coefficient (Wildman–Crippen LogP) is 3.13. The Morgan fingerprint density at radius 2 is 2.08 bits per heavy atom. The lowest BCUT2D eigenvalue weighted by Gasteiger charge is -2.06. The van der Waals surface area contributed by atoms with E-state index in [0.717, 1.165) is 11.3 Å². The van der Waals surface area contributed by atoms with Gasteiger partial charge in [0, 0.05) is 24.9 Å². The lowest BCUT2D eigenvalue weighted by atomic mass is 10.2. The van der Waals surface area contributed by atoms with E-state index in [4.69, 9.17) is 9.26 Å². The molecule has 26 heavy (non-hydrogen) atoms. The first-order valence-corrected chi connectivity index (χ1v) is 8.12. The van der Waals surface area contributed by atoms with Crippen LogP contribution in [0.25, 0.3) is 11.4 Å². The molecule has 0 aliphatic heterocycles. The van der Waals surface area contributed by atoms with Gasteiger partial charge in [0.2, 0.25) is 17.6 Å². The molecule has 1 heterocycles. The average molecular weight is 355 g/mol. The zero-order valence-electron chi connectivity index (χ0n) is 14.2. The van der Waals surface area contributed by atoms with E-state index in [2.05, 4.69) is 15.5 Å². The van der Waals surface area contributed by atoms with Crippen LogP contribution in [0.5, 0.6) is 5.75 Å². The van der Waals surface area contributed by atoms with E-state index in [9.17, 15) is 9.18 Å².